The normalized spacial score (nSPS) is 19.4. The molecule has 3 rings (SSSR count). The van der Waals surface area contributed by atoms with Crippen molar-refractivity contribution in [2.45, 2.75) is 97.3 Å². The van der Waals surface area contributed by atoms with Gasteiger partial charge in [-0.3, -0.25) is 4.98 Å². The monoisotopic (exact) mass is 391 g/mol. The Morgan fingerprint density at radius 2 is 1.48 bits per heavy atom. The highest BCUT2D eigenvalue weighted by Gasteiger charge is 2.21. The molecule has 2 unspecified atom stereocenters. The molecule has 1 nitrogen and oxygen atoms in total. The number of pyridine rings is 1. The van der Waals surface area contributed by atoms with E-state index in [-0.39, 0.29) is 0 Å². The predicted molar refractivity (Wildman–Crippen MR) is 126 cm³/mol. The molecule has 158 valence electrons. The third-order valence-corrected chi connectivity index (χ3v) is 6.84. The van der Waals surface area contributed by atoms with Gasteiger partial charge < -0.3 is 0 Å². The van der Waals surface area contributed by atoms with Crippen LogP contribution < -0.4 is 0 Å². The van der Waals surface area contributed by atoms with E-state index in [2.05, 4.69) is 56.4 Å². The molecule has 1 aliphatic carbocycles. The smallest absolute Gasteiger partial charge is 0.0702 e. The van der Waals surface area contributed by atoms with Gasteiger partial charge in [0.05, 0.1) is 5.69 Å². The van der Waals surface area contributed by atoms with Gasteiger partial charge in [-0.05, 0) is 61.1 Å². The summed E-state index contributed by atoms with van der Waals surface area (Å²) in [6.07, 6.45) is 19.8. The Morgan fingerprint density at radius 3 is 2.17 bits per heavy atom. The van der Waals surface area contributed by atoms with E-state index in [1.165, 1.54) is 100 Å². The van der Waals surface area contributed by atoms with Crippen molar-refractivity contribution in [2.75, 3.05) is 0 Å². The number of aryl methyl sites for hydroxylation is 2. The van der Waals surface area contributed by atoms with Gasteiger partial charge in [0.2, 0.25) is 0 Å². The molecule has 1 aromatic heterocycles. The summed E-state index contributed by atoms with van der Waals surface area (Å²) in [7, 11) is 0. The summed E-state index contributed by atoms with van der Waals surface area (Å²) < 4.78 is 0. The molecule has 1 aromatic carbocycles. The van der Waals surface area contributed by atoms with E-state index in [9.17, 15) is 0 Å². The highest BCUT2D eigenvalue weighted by atomic mass is 14.7. The maximum Gasteiger partial charge on any atom is 0.0702 e. The van der Waals surface area contributed by atoms with Crippen LogP contribution in [0.1, 0.15) is 95.6 Å². The van der Waals surface area contributed by atoms with Crippen LogP contribution in [0.2, 0.25) is 0 Å². The molecule has 29 heavy (non-hydrogen) atoms. The number of hydrogen-bond acceptors (Lipinski definition) is 1. The van der Waals surface area contributed by atoms with E-state index >= 15 is 0 Å². The lowest BCUT2D eigenvalue weighted by atomic mass is 9.77. The Morgan fingerprint density at radius 1 is 0.759 bits per heavy atom. The molecule has 1 heteroatoms. The summed E-state index contributed by atoms with van der Waals surface area (Å²) in [5.74, 6) is 1.93. The molecule has 0 aliphatic heterocycles. The second-order valence-corrected chi connectivity index (χ2v) is 9.29. The van der Waals surface area contributed by atoms with Crippen LogP contribution in [0.4, 0.5) is 0 Å². The SMILES string of the molecule is CCCCCc1ccc(-c2ccc(CCC3CCCC(CCCC)C3)cn2)cc1. The highest BCUT2D eigenvalue weighted by Crippen LogP contribution is 2.34. The summed E-state index contributed by atoms with van der Waals surface area (Å²) in [6, 6.07) is 13.5. The molecule has 2 aromatic rings. The molecular formula is C28H41N. The first kappa shape index (κ1) is 22.1. The average molecular weight is 392 g/mol. The van der Waals surface area contributed by atoms with Gasteiger partial charge in [-0.15, -0.1) is 0 Å². The number of aromatic nitrogens is 1. The minimum Gasteiger partial charge on any atom is -0.256 e. The second-order valence-electron chi connectivity index (χ2n) is 9.29. The van der Waals surface area contributed by atoms with Crippen LogP contribution in [-0.4, -0.2) is 4.98 Å². The standard InChI is InChI=1S/C28H41N/c1-3-5-7-10-23-15-18-27(19-16-23)28-20-17-26(22-29-28)14-13-25-12-8-11-24(21-25)9-6-4-2/h15-20,22,24-25H,3-14,21H2,1-2H3. The van der Waals surface area contributed by atoms with Crippen molar-refractivity contribution in [3.63, 3.8) is 0 Å². The first-order valence-corrected chi connectivity index (χ1v) is 12.3. The van der Waals surface area contributed by atoms with Crippen LogP contribution in [-0.2, 0) is 12.8 Å². The maximum absolute atomic E-state index is 4.77. The lowest BCUT2D eigenvalue weighted by Gasteiger charge is -2.29. The van der Waals surface area contributed by atoms with E-state index in [0.717, 1.165) is 17.5 Å². The van der Waals surface area contributed by atoms with Gasteiger partial charge in [0.25, 0.3) is 0 Å². The van der Waals surface area contributed by atoms with Crippen molar-refractivity contribution >= 4 is 0 Å². The fourth-order valence-corrected chi connectivity index (χ4v) is 4.95. The third kappa shape index (κ3) is 7.28. The third-order valence-electron chi connectivity index (χ3n) is 6.84. The molecule has 2 atom stereocenters. The lowest BCUT2D eigenvalue weighted by Crippen LogP contribution is -2.16. The quantitative estimate of drug-likeness (QED) is 0.350. The van der Waals surface area contributed by atoms with Crippen molar-refractivity contribution in [1.29, 1.82) is 0 Å². The van der Waals surface area contributed by atoms with Gasteiger partial charge in [-0.25, -0.2) is 0 Å². The minimum atomic E-state index is 0.936. The molecular weight excluding hydrogens is 350 g/mol. The largest absolute Gasteiger partial charge is 0.256 e. The van der Waals surface area contributed by atoms with Gasteiger partial charge in [0.15, 0.2) is 0 Å². The van der Waals surface area contributed by atoms with Crippen molar-refractivity contribution in [3.05, 3.63) is 53.7 Å². The summed E-state index contributed by atoms with van der Waals surface area (Å²) in [5, 5.41) is 0. The van der Waals surface area contributed by atoms with Gasteiger partial charge >= 0.3 is 0 Å². The molecule has 0 saturated heterocycles. The van der Waals surface area contributed by atoms with Crippen LogP contribution in [0.15, 0.2) is 42.6 Å². The van der Waals surface area contributed by atoms with Crippen LogP contribution in [0.5, 0.6) is 0 Å². The molecule has 0 spiro atoms. The predicted octanol–water partition coefficient (Wildman–Crippen LogP) is 8.41. The first-order chi connectivity index (χ1) is 14.3. The summed E-state index contributed by atoms with van der Waals surface area (Å²) in [6.45, 7) is 4.58. The number of rotatable bonds is 11. The Bertz CT molecular complexity index is 685. The number of benzene rings is 1. The molecule has 1 heterocycles. The van der Waals surface area contributed by atoms with E-state index < -0.39 is 0 Å². The van der Waals surface area contributed by atoms with Crippen molar-refractivity contribution in [3.8, 4) is 11.3 Å². The number of unbranched alkanes of at least 4 members (excludes halogenated alkanes) is 3. The van der Waals surface area contributed by atoms with E-state index in [0.29, 0.717) is 0 Å². The van der Waals surface area contributed by atoms with Gasteiger partial charge in [-0.2, -0.15) is 0 Å². The van der Waals surface area contributed by atoms with Crippen LogP contribution in [0.3, 0.4) is 0 Å². The molecule has 1 saturated carbocycles. The maximum atomic E-state index is 4.77. The van der Waals surface area contributed by atoms with Gasteiger partial charge in [-0.1, -0.05) is 95.5 Å². The molecule has 1 aliphatic rings. The fraction of sp³-hybridized carbons (Fsp3) is 0.607. The highest BCUT2D eigenvalue weighted by molar-refractivity contribution is 5.59. The summed E-state index contributed by atoms with van der Waals surface area (Å²) >= 11 is 0. The van der Waals surface area contributed by atoms with Crippen molar-refractivity contribution in [1.82, 2.24) is 4.98 Å². The lowest BCUT2D eigenvalue weighted by molar-refractivity contribution is 0.240. The Balaban J connectivity index is 1.47. The van der Waals surface area contributed by atoms with Crippen molar-refractivity contribution in [2.24, 2.45) is 11.8 Å². The van der Waals surface area contributed by atoms with Crippen LogP contribution >= 0.6 is 0 Å². The van der Waals surface area contributed by atoms with E-state index in [1.54, 1.807) is 0 Å². The van der Waals surface area contributed by atoms with Crippen LogP contribution in [0, 0.1) is 11.8 Å². The topological polar surface area (TPSA) is 12.9 Å². The first-order valence-electron chi connectivity index (χ1n) is 12.3. The molecule has 0 amide bonds. The molecule has 0 radical (unpaired) electrons. The summed E-state index contributed by atoms with van der Waals surface area (Å²) in [5.41, 5.74) is 5.19. The van der Waals surface area contributed by atoms with Crippen molar-refractivity contribution < 1.29 is 0 Å². The van der Waals surface area contributed by atoms with Gasteiger partial charge in [0, 0.05) is 11.8 Å². The minimum absolute atomic E-state index is 0.936. The Kier molecular flexibility index (Phi) is 9.25. The van der Waals surface area contributed by atoms with Crippen LogP contribution in [0.25, 0.3) is 11.3 Å². The Labute approximate surface area is 179 Å². The van der Waals surface area contributed by atoms with E-state index in [4.69, 9.17) is 4.98 Å². The second kappa shape index (κ2) is 12.2. The number of hydrogen-bond donors (Lipinski definition) is 0. The average Bonchev–Trinajstić information content (AvgIpc) is 2.78. The Hall–Kier alpha value is -1.63. The number of nitrogens with zero attached hydrogens (tertiary/aromatic N) is 1. The zero-order valence-corrected chi connectivity index (χ0v) is 18.8. The molecule has 1 fully saturated rings. The van der Waals surface area contributed by atoms with E-state index in [1.807, 2.05) is 0 Å². The fourth-order valence-electron chi connectivity index (χ4n) is 4.95. The molecule has 0 bridgehead atoms. The summed E-state index contributed by atoms with van der Waals surface area (Å²) in [4.78, 5) is 4.77. The zero-order valence-electron chi connectivity index (χ0n) is 18.8. The van der Waals surface area contributed by atoms with Gasteiger partial charge in [0.1, 0.15) is 0 Å². The molecule has 0 N–H and O–H groups in total. The zero-order chi connectivity index (χ0) is 20.3.